The molecule has 0 aliphatic heterocycles. The second-order valence-corrected chi connectivity index (χ2v) is 6.58. The van der Waals surface area contributed by atoms with Crippen LogP contribution in [0.25, 0.3) is 22.4 Å². The van der Waals surface area contributed by atoms with Gasteiger partial charge < -0.3 is 10.3 Å². The van der Waals surface area contributed by atoms with Gasteiger partial charge in [-0.25, -0.2) is 4.98 Å². The molecule has 1 aromatic heterocycles. The van der Waals surface area contributed by atoms with E-state index in [4.69, 9.17) is 0 Å². The summed E-state index contributed by atoms with van der Waals surface area (Å²) in [5.74, 6) is 0.562. The van der Waals surface area contributed by atoms with Crippen LogP contribution in [0.2, 0.25) is 0 Å². The van der Waals surface area contributed by atoms with Gasteiger partial charge in [0.25, 0.3) is 11.6 Å². The van der Waals surface area contributed by atoms with Gasteiger partial charge >= 0.3 is 0 Å². The number of rotatable bonds is 4. The molecule has 4 rings (SSSR count). The molecule has 0 unspecified atom stereocenters. The highest BCUT2D eigenvalue weighted by Crippen LogP contribution is 2.24. The molecule has 1 amide bonds. The zero-order valence-corrected chi connectivity index (χ0v) is 14.1. The van der Waals surface area contributed by atoms with E-state index in [2.05, 4.69) is 15.3 Å². The van der Waals surface area contributed by atoms with E-state index in [1.165, 1.54) is 25.0 Å². The van der Waals surface area contributed by atoms with E-state index in [-0.39, 0.29) is 17.6 Å². The van der Waals surface area contributed by atoms with Crippen molar-refractivity contribution in [3.05, 3.63) is 58.1 Å². The quantitative estimate of drug-likeness (QED) is 0.552. The summed E-state index contributed by atoms with van der Waals surface area (Å²) in [5, 5.41) is 13.9. The second-order valence-electron chi connectivity index (χ2n) is 6.58. The smallest absolute Gasteiger partial charge is 0.271 e. The average Bonchev–Trinajstić information content (AvgIpc) is 3.30. The minimum absolute atomic E-state index is 0.0200. The first-order valence-electron chi connectivity index (χ1n) is 8.65. The average molecular weight is 350 g/mol. The molecular weight excluding hydrogens is 332 g/mol. The Kier molecular flexibility index (Phi) is 4.12. The van der Waals surface area contributed by atoms with Crippen molar-refractivity contribution in [2.75, 3.05) is 0 Å². The molecule has 2 N–H and O–H groups in total. The fourth-order valence-corrected chi connectivity index (χ4v) is 3.37. The van der Waals surface area contributed by atoms with Crippen molar-refractivity contribution < 1.29 is 9.72 Å². The molecule has 0 radical (unpaired) electrons. The summed E-state index contributed by atoms with van der Waals surface area (Å²) in [6.07, 6.45) is 4.45. The molecule has 1 aliphatic carbocycles. The standard InChI is InChI=1S/C19H18N4O3/c24-19(20-14-3-1-2-4-14)13-7-5-12(6-8-13)18-21-16-10-9-15(23(25)26)11-17(16)22-18/h5-11,14H,1-4H2,(H,20,24)(H,21,22). The Morgan fingerprint density at radius 2 is 1.88 bits per heavy atom. The lowest BCUT2D eigenvalue weighted by atomic mass is 10.1. The number of nitro benzene ring substituents is 1. The maximum absolute atomic E-state index is 12.3. The van der Waals surface area contributed by atoms with Gasteiger partial charge in [-0.3, -0.25) is 14.9 Å². The van der Waals surface area contributed by atoms with Crippen molar-refractivity contribution in [2.24, 2.45) is 0 Å². The minimum atomic E-state index is -0.433. The Bertz CT molecular complexity index is 972. The molecule has 0 saturated heterocycles. The van der Waals surface area contributed by atoms with Crippen molar-refractivity contribution >= 4 is 22.6 Å². The molecule has 1 aliphatic rings. The minimum Gasteiger partial charge on any atom is -0.349 e. The topological polar surface area (TPSA) is 101 Å². The summed E-state index contributed by atoms with van der Waals surface area (Å²) in [6, 6.07) is 12.0. The van der Waals surface area contributed by atoms with Gasteiger partial charge in [0.2, 0.25) is 0 Å². The molecule has 26 heavy (non-hydrogen) atoms. The van der Waals surface area contributed by atoms with Crippen LogP contribution in [0, 0.1) is 10.1 Å². The predicted octanol–water partition coefficient (Wildman–Crippen LogP) is 3.81. The Balaban J connectivity index is 1.55. The van der Waals surface area contributed by atoms with Crippen LogP contribution in [0.4, 0.5) is 5.69 Å². The number of non-ortho nitro benzene ring substituents is 1. The largest absolute Gasteiger partial charge is 0.349 e. The van der Waals surface area contributed by atoms with Crippen LogP contribution in [-0.2, 0) is 0 Å². The highest BCUT2D eigenvalue weighted by molar-refractivity contribution is 5.95. The van der Waals surface area contributed by atoms with Crippen LogP contribution in [0.1, 0.15) is 36.0 Å². The number of nitrogens with one attached hydrogen (secondary N) is 2. The molecular formula is C19H18N4O3. The molecule has 0 bridgehead atoms. The van der Waals surface area contributed by atoms with E-state index < -0.39 is 4.92 Å². The van der Waals surface area contributed by atoms with Gasteiger partial charge in [-0.1, -0.05) is 25.0 Å². The van der Waals surface area contributed by atoms with Gasteiger partial charge in [0, 0.05) is 29.3 Å². The number of hydrogen-bond acceptors (Lipinski definition) is 4. The van der Waals surface area contributed by atoms with E-state index in [0.717, 1.165) is 18.4 Å². The van der Waals surface area contributed by atoms with Gasteiger partial charge in [-0.15, -0.1) is 0 Å². The summed E-state index contributed by atoms with van der Waals surface area (Å²) < 4.78 is 0. The number of carbonyl (C=O) groups is 1. The van der Waals surface area contributed by atoms with E-state index in [1.54, 1.807) is 18.2 Å². The van der Waals surface area contributed by atoms with Gasteiger partial charge in [0.1, 0.15) is 5.82 Å². The number of benzene rings is 2. The van der Waals surface area contributed by atoms with Crippen molar-refractivity contribution in [3.63, 3.8) is 0 Å². The highest BCUT2D eigenvalue weighted by Gasteiger charge is 2.18. The summed E-state index contributed by atoms with van der Waals surface area (Å²) >= 11 is 0. The zero-order valence-electron chi connectivity index (χ0n) is 14.1. The normalized spacial score (nSPS) is 14.6. The Morgan fingerprint density at radius 1 is 1.15 bits per heavy atom. The first-order valence-corrected chi connectivity index (χ1v) is 8.65. The third kappa shape index (κ3) is 3.15. The molecule has 1 fully saturated rings. The third-order valence-corrected chi connectivity index (χ3v) is 4.79. The summed E-state index contributed by atoms with van der Waals surface area (Å²) in [6.45, 7) is 0. The molecule has 0 atom stereocenters. The molecule has 1 saturated carbocycles. The number of aromatic amines is 1. The highest BCUT2D eigenvalue weighted by atomic mass is 16.6. The first-order chi connectivity index (χ1) is 12.6. The fraction of sp³-hybridized carbons (Fsp3) is 0.263. The lowest BCUT2D eigenvalue weighted by Crippen LogP contribution is -2.32. The summed E-state index contributed by atoms with van der Waals surface area (Å²) in [5.41, 5.74) is 2.73. The molecule has 7 nitrogen and oxygen atoms in total. The van der Waals surface area contributed by atoms with Gasteiger partial charge in [-0.2, -0.15) is 0 Å². The van der Waals surface area contributed by atoms with Crippen LogP contribution in [-0.4, -0.2) is 26.8 Å². The van der Waals surface area contributed by atoms with Gasteiger partial charge in [0.05, 0.1) is 16.0 Å². The fourth-order valence-electron chi connectivity index (χ4n) is 3.37. The van der Waals surface area contributed by atoms with Crippen molar-refractivity contribution in [1.29, 1.82) is 0 Å². The number of amides is 1. The number of H-pyrrole nitrogens is 1. The van der Waals surface area contributed by atoms with Crippen molar-refractivity contribution in [1.82, 2.24) is 15.3 Å². The van der Waals surface area contributed by atoms with E-state index in [0.29, 0.717) is 22.4 Å². The van der Waals surface area contributed by atoms with E-state index in [9.17, 15) is 14.9 Å². The predicted molar refractivity (Wildman–Crippen MR) is 97.9 cm³/mol. The number of carbonyl (C=O) groups excluding carboxylic acids is 1. The van der Waals surface area contributed by atoms with Crippen LogP contribution in [0.3, 0.4) is 0 Å². The molecule has 0 spiro atoms. The Labute approximate surface area is 149 Å². The van der Waals surface area contributed by atoms with Crippen molar-refractivity contribution in [2.45, 2.75) is 31.7 Å². The zero-order chi connectivity index (χ0) is 18.1. The molecule has 7 heteroatoms. The maximum Gasteiger partial charge on any atom is 0.271 e. The third-order valence-electron chi connectivity index (χ3n) is 4.79. The van der Waals surface area contributed by atoms with Crippen LogP contribution in [0.15, 0.2) is 42.5 Å². The Morgan fingerprint density at radius 3 is 2.58 bits per heavy atom. The number of aromatic nitrogens is 2. The molecule has 1 heterocycles. The van der Waals surface area contributed by atoms with Crippen LogP contribution < -0.4 is 5.32 Å². The monoisotopic (exact) mass is 350 g/mol. The van der Waals surface area contributed by atoms with Gasteiger partial charge in [-0.05, 0) is 31.0 Å². The number of imidazole rings is 1. The summed E-state index contributed by atoms with van der Waals surface area (Å²) in [4.78, 5) is 30.3. The second kappa shape index (κ2) is 6.59. The lowest BCUT2D eigenvalue weighted by molar-refractivity contribution is -0.384. The SMILES string of the molecule is O=C(NC1CCCC1)c1ccc(-c2nc3ccc([N+](=O)[O-])cc3[nH]2)cc1. The number of fused-ring (bicyclic) bond motifs is 1. The molecule has 3 aromatic rings. The number of hydrogen-bond donors (Lipinski definition) is 2. The van der Waals surface area contributed by atoms with Crippen molar-refractivity contribution in [3.8, 4) is 11.4 Å². The Hall–Kier alpha value is -3.22. The molecule has 2 aromatic carbocycles. The maximum atomic E-state index is 12.3. The first kappa shape index (κ1) is 16.3. The van der Waals surface area contributed by atoms with Gasteiger partial charge in [0.15, 0.2) is 0 Å². The van der Waals surface area contributed by atoms with Crippen LogP contribution >= 0.6 is 0 Å². The van der Waals surface area contributed by atoms with Crippen LogP contribution in [0.5, 0.6) is 0 Å². The lowest BCUT2D eigenvalue weighted by Gasteiger charge is -2.11. The van der Waals surface area contributed by atoms with E-state index >= 15 is 0 Å². The summed E-state index contributed by atoms with van der Waals surface area (Å²) in [7, 11) is 0. The number of nitrogens with zero attached hydrogens (tertiary/aromatic N) is 2. The van der Waals surface area contributed by atoms with E-state index in [1.807, 2.05) is 12.1 Å². The molecule has 132 valence electrons. The number of nitro groups is 1.